The summed E-state index contributed by atoms with van der Waals surface area (Å²) in [7, 11) is 0. The zero-order valence-corrected chi connectivity index (χ0v) is 12.9. The molecule has 0 saturated carbocycles. The van der Waals surface area contributed by atoms with Gasteiger partial charge in [0.15, 0.2) is 5.82 Å². The van der Waals surface area contributed by atoms with Crippen molar-refractivity contribution in [2.45, 2.75) is 13.0 Å². The predicted molar refractivity (Wildman–Crippen MR) is 84.2 cm³/mol. The second kappa shape index (κ2) is 6.20. The van der Waals surface area contributed by atoms with Crippen LogP contribution in [-0.4, -0.2) is 19.9 Å². The van der Waals surface area contributed by atoms with Gasteiger partial charge in [-0.05, 0) is 29.8 Å². The first kappa shape index (κ1) is 14.0. The average Bonchev–Trinajstić information content (AvgIpc) is 2.93. The topological polar surface area (TPSA) is 50.9 Å². The van der Waals surface area contributed by atoms with Crippen LogP contribution in [0.4, 0.5) is 0 Å². The van der Waals surface area contributed by atoms with E-state index in [0.717, 1.165) is 21.5 Å². The summed E-state index contributed by atoms with van der Waals surface area (Å²) in [5, 5.41) is 17.8. The van der Waals surface area contributed by atoms with Gasteiger partial charge in [-0.15, -0.1) is 10.2 Å². The summed E-state index contributed by atoms with van der Waals surface area (Å²) < 4.78 is 2.95. The highest BCUT2D eigenvalue weighted by Gasteiger charge is 2.13. The number of para-hydroxylation sites is 1. The Morgan fingerprint density at radius 1 is 0.905 bits per heavy atom. The van der Waals surface area contributed by atoms with Crippen LogP contribution in [0.5, 0.6) is 0 Å². The van der Waals surface area contributed by atoms with Crippen molar-refractivity contribution in [3.8, 4) is 5.69 Å². The van der Waals surface area contributed by atoms with Crippen LogP contribution in [0, 0.1) is 0 Å². The largest absolute Gasteiger partial charge is 0.388 e. The van der Waals surface area contributed by atoms with Gasteiger partial charge in [0, 0.05) is 16.6 Å². The van der Waals surface area contributed by atoms with Crippen molar-refractivity contribution in [2.24, 2.45) is 0 Å². The summed E-state index contributed by atoms with van der Waals surface area (Å²) >= 11 is 3.43. The maximum atomic E-state index is 9.47. The molecular weight excluding hydrogens is 330 g/mol. The summed E-state index contributed by atoms with van der Waals surface area (Å²) in [5.41, 5.74) is 2.10. The SMILES string of the molecule is OCc1nnc(Cc2ccc(Br)cc2)n1-c1ccccc1. The lowest BCUT2D eigenvalue weighted by molar-refractivity contribution is 0.268. The van der Waals surface area contributed by atoms with Gasteiger partial charge in [0.25, 0.3) is 0 Å². The molecule has 0 spiro atoms. The van der Waals surface area contributed by atoms with Crippen molar-refractivity contribution in [2.75, 3.05) is 0 Å². The second-order valence-corrected chi connectivity index (χ2v) is 5.58. The van der Waals surface area contributed by atoms with Crippen molar-refractivity contribution in [1.82, 2.24) is 14.8 Å². The van der Waals surface area contributed by atoms with E-state index in [1.807, 2.05) is 59.2 Å². The fraction of sp³-hybridized carbons (Fsp3) is 0.125. The Kier molecular flexibility index (Phi) is 4.13. The molecule has 1 aromatic heterocycles. The van der Waals surface area contributed by atoms with Gasteiger partial charge in [0.1, 0.15) is 12.4 Å². The highest BCUT2D eigenvalue weighted by molar-refractivity contribution is 9.10. The molecule has 0 radical (unpaired) electrons. The fourth-order valence-electron chi connectivity index (χ4n) is 2.23. The molecule has 3 rings (SSSR count). The number of benzene rings is 2. The van der Waals surface area contributed by atoms with Gasteiger partial charge in [-0.1, -0.05) is 46.3 Å². The number of rotatable bonds is 4. The Hall–Kier alpha value is -1.98. The Morgan fingerprint density at radius 2 is 1.57 bits per heavy atom. The Labute approximate surface area is 131 Å². The lowest BCUT2D eigenvalue weighted by atomic mass is 10.1. The molecule has 0 atom stereocenters. The lowest BCUT2D eigenvalue weighted by Crippen LogP contribution is -2.06. The number of aliphatic hydroxyl groups excluding tert-OH is 1. The molecular formula is C16H14BrN3O. The minimum Gasteiger partial charge on any atom is -0.388 e. The molecule has 3 aromatic rings. The first-order valence-corrected chi connectivity index (χ1v) is 7.41. The molecule has 0 fully saturated rings. The van der Waals surface area contributed by atoms with E-state index in [2.05, 4.69) is 26.1 Å². The maximum Gasteiger partial charge on any atom is 0.163 e. The zero-order chi connectivity index (χ0) is 14.7. The van der Waals surface area contributed by atoms with Crippen LogP contribution in [0.3, 0.4) is 0 Å². The van der Waals surface area contributed by atoms with Crippen molar-refractivity contribution < 1.29 is 5.11 Å². The Balaban J connectivity index is 1.99. The van der Waals surface area contributed by atoms with E-state index in [9.17, 15) is 5.11 Å². The zero-order valence-electron chi connectivity index (χ0n) is 11.3. The van der Waals surface area contributed by atoms with Gasteiger partial charge < -0.3 is 5.11 Å². The monoisotopic (exact) mass is 343 g/mol. The van der Waals surface area contributed by atoms with E-state index in [1.165, 1.54) is 0 Å². The summed E-state index contributed by atoms with van der Waals surface area (Å²) in [6, 6.07) is 17.9. The molecule has 2 aromatic carbocycles. The van der Waals surface area contributed by atoms with Crippen LogP contribution in [0.25, 0.3) is 5.69 Å². The summed E-state index contributed by atoms with van der Waals surface area (Å²) in [5.74, 6) is 1.36. The molecule has 4 nitrogen and oxygen atoms in total. The van der Waals surface area contributed by atoms with Crippen LogP contribution >= 0.6 is 15.9 Å². The van der Waals surface area contributed by atoms with Crippen LogP contribution < -0.4 is 0 Å². The van der Waals surface area contributed by atoms with Gasteiger partial charge in [-0.25, -0.2) is 0 Å². The average molecular weight is 344 g/mol. The van der Waals surface area contributed by atoms with Crippen LogP contribution in [0.1, 0.15) is 17.2 Å². The first-order valence-electron chi connectivity index (χ1n) is 6.62. The molecule has 0 saturated heterocycles. The molecule has 21 heavy (non-hydrogen) atoms. The third-order valence-electron chi connectivity index (χ3n) is 3.23. The lowest BCUT2D eigenvalue weighted by Gasteiger charge is -2.09. The summed E-state index contributed by atoms with van der Waals surface area (Å²) in [4.78, 5) is 0. The number of aliphatic hydroxyl groups is 1. The molecule has 0 aliphatic carbocycles. The Bertz CT molecular complexity index is 723. The highest BCUT2D eigenvalue weighted by atomic mass is 79.9. The minimum atomic E-state index is -0.137. The van der Waals surface area contributed by atoms with Gasteiger partial charge in [-0.2, -0.15) is 0 Å². The van der Waals surface area contributed by atoms with E-state index < -0.39 is 0 Å². The van der Waals surface area contributed by atoms with Crippen LogP contribution in [0.15, 0.2) is 59.1 Å². The van der Waals surface area contributed by atoms with Crippen molar-refractivity contribution in [3.05, 3.63) is 76.3 Å². The van der Waals surface area contributed by atoms with E-state index in [-0.39, 0.29) is 6.61 Å². The van der Waals surface area contributed by atoms with Crippen LogP contribution in [0.2, 0.25) is 0 Å². The molecule has 0 aliphatic heterocycles. The van der Waals surface area contributed by atoms with Gasteiger partial charge in [0.05, 0.1) is 0 Å². The summed E-state index contributed by atoms with van der Waals surface area (Å²) in [6.45, 7) is -0.137. The van der Waals surface area contributed by atoms with E-state index in [0.29, 0.717) is 12.2 Å². The molecule has 1 heterocycles. The molecule has 0 unspecified atom stereocenters. The smallest absolute Gasteiger partial charge is 0.163 e. The number of hydrogen-bond acceptors (Lipinski definition) is 3. The minimum absolute atomic E-state index is 0.137. The molecule has 106 valence electrons. The third-order valence-corrected chi connectivity index (χ3v) is 3.76. The van der Waals surface area contributed by atoms with E-state index in [1.54, 1.807) is 0 Å². The standard InChI is InChI=1S/C16H14BrN3O/c17-13-8-6-12(7-9-13)10-15-18-19-16(11-21)20(15)14-4-2-1-3-5-14/h1-9,21H,10-11H2. The third kappa shape index (κ3) is 3.04. The van der Waals surface area contributed by atoms with E-state index >= 15 is 0 Å². The molecule has 1 N–H and O–H groups in total. The van der Waals surface area contributed by atoms with Gasteiger partial charge in [-0.3, -0.25) is 4.57 Å². The van der Waals surface area contributed by atoms with Crippen LogP contribution in [-0.2, 0) is 13.0 Å². The number of aromatic nitrogens is 3. The predicted octanol–water partition coefficient (Wildman–Crippen LogP) is 3.11. The number of nitrogens with zero attached hydrogens (tertiary/aromatic N) is 3. The van der Waals surface area contributed by atoms with Gasteiger partial charge in [0.2, 0.25) is 0 Å². The van der Waals surface area contributed by atoms with Crippen molar-refractivity contribution in [1.29, 1.82) is 0 Å². The molecule has 0 aliphatic rings. The second-order valence-electron chi connectivity index (χ2n) is 4.66. The first-order chi connectivity index (χ1) is 10.3. The number of hydrogen-bond donors (Lipinski definition) is 1. The van der Waals surface area contributed by atoms with E-state index in [4.69, 9.17) is 0 Å². The van der Waals surface area contributed by atoms with Crippen molar-refractivity contribution >= 4 is 15.9 Å². The van der Waals surface area contributed by atoms with Crippen molar-refractivity contribution in [3.63, 3.8) is 0 Å². The molecule has 0 bridgehead atoms. The van der Waals surface area contributed by atoms with Gasteiger partial charge >= 0.3 is 0 Å². The highest BCUT2D eigenvalue weighted by Crippen LogP contribution is 2.17. The molecule has 0 amide bonds. The normalized spacial score (nSPS) is 10.8. The summed E-state index contributed by atoms with van der Waals surface area (Å²) in [6.07, 6.45) is 0.662. The quantitative estimate of drug-likeness (QED) is 0.791. The fourth-order valence-corrected chi connectivity index (χ4v) is 2.49. The molecule has 5 heteroatoms. The number of halogens is 1. The Morgan fingerprint density at radius 3 is 2.24 bits per heavy atom. The maximum absolute atomic E-state index is 9.47.